The van der Waals surface area contributed by atoms with Crippen molar-refractivity contribution in [3.63, 3.8) is 0 Å². The molecule has 0 fully saturated rings. The van der Waals surface area contributed by atoms with E-state index in [9.17, 15) is 0 Å². The number of isothiocyanates is 1. The smallest absolute Gasteiger partial charge is 0.219 e. The maximum Gasteiger partial charge on any atom is 0.219 e. The zero-order chi connectivity index (χ0) is 12.9. The molecule has 0 saturated carbocycles. The Morgan fingerprint density at radius 2 is 1.88 bits per heavy atom. The first-order chi connectivity index (χ1) is 7.87. The van der Waals surface area contributed by atoms with Gasteiger partial charge < -0.3 is 0 Å². The van der Waals surface area contributed by atoms with E-state index in [4.69, 9.17) is 0 Å². The number of aliphatic imine (C=N–C) groups is 1. The van der Waals surface area contributed by atoms with E-state index >= 15 is 0 Å². The van der Waals surface area contributed by atoms with Gasteiger partial charge in [-0.3, -0.25) is 4.98 Å². The average molecular weight is 248 g/mol. The van der Waals surface area contributed by atoms with Crippen LogP contribution in [0.3, 0.4) is 0 Å². The number of rotatable bonds is 3. The minimum absolute atomic E-state index is 0.257. The third kappa shape index (κ3) is 4.13. The second-order valence-electron chi connectivity index (χ2n) is 4.81. The number of hydrogen-bond acceptors (Lipinski definition) is 5. The van der Waals surface area contributed by atoms with Gasteiger partial charge in [-0.05, 0) is 52.0 Å². The molecule has 0 saturated heterocycles. The zero-order valence-electron chi connectivity index (χ0n) is 10.5. The summed E-state index contributed by atoms with van der Waals surface area (Å²) in [6.07, 6.45) is 1.69. The highest BCUT2D eigenvalue weighted by Crippen LogP contribution is 2.26. The average Bonchev–Trinajstić information content (AvgIpc) is 2.27. The molecule has 1 rings (SSSR count). The molecule has 0 N–H and O–H groups in total. The van der Waals surface area contributed by atoms with Gasteiger partial charge in [0.05, 0.1) is 16.4 Å². The van der Waals surface area contributed by atoms with E-state index in [-0.39, 0.29) is 5.54 Å². The molecule has 0 amide bonds. The lowest BCUT2D eigenvalue weighted by atomic mass is 10.1. The lowest BCUT2D eigenvalue weighted by Gasteiger charge is -2.19. The summed E-state index contributed by atoms with van der Waals surface area (Å²) in [6.45, 7) is 7.72. The molecular formula is C12H16N4S. The molecular weight excluding hydrogens is 232 g/mol. The molecule has 1 atom stereocenters. The van der Waals surface area contributed by atoms with Gasteiger partial charge in [-0.1, -0.05) is 6.07 Å². The van der Waals surface area contributed by atoms with Crippen LogP contribution in [0, 0.1) is 0 Å². The first kappa shape index (κ1) is 13.6. The standard InChI is InChI=1S/C12H16N4S/c1-11(2,3)15-16-12(4,14-9-17)10-7-5-6-8-13-10/h5-8H,1-4H3/b16-15+. The summed E-state index contributed by atoms with van der Waals surface area (Å²) >= 11 is 4.66. The predicted octanol–water partition coefficient (Wildman–Crippen LogP) is 3.61. The van der Waals surface area contributed by atoms with E-state index in [1.807, 2.05) is 45.9 Å². The summed E-state index contributed by atoms with van der Waals surface area (Å²) < 4.78 is 0. The number of aromatic nitrogens is 1. The van der Waals surface area contributed by atoms with Gasteiger partial charge in [-0.25, -0.2) is 0 Å². The summed E-state index contributed by atoms with van der Waals surface area (Å²) in [5.74, 6) is 0. The van der Waals surface area contributed by atoms with Crippen molar-refractivity contribution < 1.29 is 0 Å². The summed E-state index contributed by atoms with van der Waals surface area (Å²) in [7, 11) is 0. The fourth-order valence-corrected chi connectivity index (χ4v) is 1.29. The van der Waals surface area contributed by atoms with Crippen LogP contribution in [0.15, 0.2) is 39.6 Å². The molecule has 90 valence electrons. The molecule has 0 spiro atoms. The zero-order valence-corrected chi connectivity index (χ0v) is 11.3. The Morgan fingerprint density at radius 3 is 2.35 bits per heavy atom. The quantitative estimate of drug-likeness (QED) is 0.466. The Bertz CT molecular complexity index is 443. The second-order valence-corrected chi connectivity index (χ2v) is 4.99. The second kappa shape index (κ2) is 5.25. The highest BCUT2D eigenvalue weighted by atomic mass is 32.1. The lowest BCUT2D eigenvalue weighted by molar-refractivity contribution is 0.430. The minimum atomic E-state index is -0.893. The van der Waals surface area contributed by atoms with Crippen LogP contribution in [-0.2, 0) is 5.66 Å². The van der Waals surface area contributed by atoms with Crippen molar-refractivity contribution >= 4 is 17.4 Å². The Balaban J connectivity index is 3.16. The van der Waals surface area contributed by atoms with Gasteiger partial charge in [-0.15, -0.1) is 0 Å². The van der Waals surface area contributed by atoms with Gasteiger partial charge in [-0.2, -0.15) is 15.2 Å². The van der Waals surface area contributed by atoms with Crippen LogP contribution < -0.4 is 0 Å². The molecule has 4 nitrogen and oxygen atoms in total. The SMILES string of the molecule is CC(C)(C)/N=N/C(C)(N=C=S)c1ccccn1. The number of hydrogen-bond donors (Lipinski definition) is 0. The Morgan fingerprint density at radius 1 is 1.18 bits per heavy atom. The lowest BCUT2D eigenvalue weighted by Crippen LogP contribution is -2.19. The van der Waals surface area contributed by atoms with Crippen LogP contribution in [0.1, 0.15) is 33.4 Å². The van der Waals surface area contributed by atoms with Crippen molar-refractivity contribution in [2.75, 3.05) is 0 Å². The summed E-state index contributed by atoms with van der Waals surface area (Å²) in [6, 6.07) is 5.57. The maximum absolute atomic E-state index is 4.66. The van der Waals surface area contributed by atoms with Gasteiger partial charge in [0.1, 0.15) is 0 Å². The van der Waals surface area contributed by atoms with Gasteiger partial charge in [0.15, 0.2) is 0 Å². The van der Waals surface area contributed by atoms with Gasteiger partial charge in [0.25, 0.3) is 0 Å². The number of thiocarbonyl (C=S) groups is 1. The maximum atomic E-state index is 4.66. The van der Waals surface area contributed by atoms with Crippen LogP contribution in [-0.4, -0.2) is 15.7 Å². The fraction of sp³-hybridized carbons (Fsp3) is 0.500. The predicted molar refractivity (Wildman–Crippen MR) is 71.2 cm³/mol. The first-order valence-corrected chi connectivity index (χ1v) is 5.73. The van der Waals surface area contributed by atoms with Crippen LogP contribution in [0.2, 0.25) is 0 Å². The van der Waals surface area contributed by atoms with Crippen molar-refractivity contribution in [1.82, 2.24) is 4.98 Å². The largest absolute Gasteiger partial charge is 0.257 e. The molecule has 0 aliphatic rings. The van der Waals surface area contributed by atoms with Crippen LogP contribution >= 0.6 is 12.2 Å². The highest BCUT2D eigenvalue weighted by molar-refractivity contribution is 7.78. The first-order valence-electron chi connectivity index (χ1n) is 5.32. The molecule has 17 heavy (non-hydrogen) atoms. The number of azo groups is 1. The van der Waals surface area contributed by atoms with Gasteiger partial charge >= 0.3 is 0 Å². The molecule has 1 aromatic rings. The molecule has 0 radical (unpaired) electrons. The topological polar surface area (TPSA) is 50.0 Å². The van der Waals surface area contributed by atoms with Gasteiger partial charge in [0, 0.05) is 6.20 Å². The van der Waals surface area contributed by atoms with Crippen molar-refractivity contribution in [3.8, 4) is 0 Å². The summed E-state index contributed by atoms with van der Waals surface area (Å²) in [5.41, 5.74) is -0.450. The highest BCUT2D eigenvalue weighted by Gasteiger charge is 2.27. The number of pyridine rings is 1. The van der Waals surface area contributed by atoms with E-state index in [1.165, 1.54) is 0 Å². The summed E-state index contributed by atoms with van der Waals surface area (Å²) in [4.78, 5) is 8.31. The van der Waals surface area contributed by atoms with E-state index in [2.05, 4.69) is 37.6 Å². The molecule has 1 heterocycles. The van der Waals surface area contributed by atoms with E-state index in [0.717, 1.165) is 0 Å². The van der Waals surface area contributed by atoms with Crippen LogP contribution in [0.5, 0.6) is 0 Å². The van der Waals surface area contributed by atoms with E-state index in [0.29, 0.717) is 5.69 Å². The Hall–Kier alpha value is -1.45. The molecule has 1 unspecified atom stereocenters. The normalized spacial score (nSPS) is 15.3. The molecule has 1 aromatic heterocycles. The molecule has 0 aliphatic heterocycles. The molecule has 0 aromatic carbocycles. The Labute approximate surface area is 107 Å². The van der Waals surface area contributed by atoms with Crippen molar-refractivity contribution in [2.45, 2.75) is 38.9 Å². The van der Waals surface area contributed by atoms with Crippen LogP contribution in [0.25, 0.3) is 0 Å². The van der Waals surface area contributed by atoms with E-state index < -0.39 is 5.66 Å². The van der Waals surface area contributed by atoms with Crippen LogP contribution in [0.4, 0.5) is 0 Å². The molecule has 5 heteroatoms. The monoisotopic (exact) mass is 248 g/mol. The van der Waals surface area contributed by atoms with Crippen molar-refractivity contribution in [1.29, 1.82) is 0 Å². The molecule has 0 bridgehead atoms. The van der Waals surface area contributed by atoms with Crippen molar-refractivity contribution in [3.05, 3.63) is 30.1 Å². The summed E-state index contributed by atoms with van der Waals surface area (Å²) in [5, 5.41) is 10.8. The van der Waals surface area contributed by atoms with E-state index in [1.54, 1.807) is 6.20 Å². The minimum Gasteiger partial charge on any atom is -0.257 e. The fourth-order valence-electron chi connectivity index (χ4n) is 1.11. The third-order valence-corrected chi connectivity index (χ3v) is 2.05. The Kier molecular flexibility index (Phi) is 4.21. The van der Waals surface area contributed by atoms with Gasteiger partial charge in [0.2, 0.25) is 5.66 Å². The van der Waals surface area contributed by atoms with Crippen molar-refractivity contribution in [2.24, 2.45) is 15.2 Å². The third-order valence-electron chi connectivity index (χ3n) is 1.96. The molecule has 0 aliphatic carbocycles. The number of nitrogens with zero attached hydrogens (tertiary/aromatic N) is 4.